The van der Waals surface area contributed by atoms with Crippen LogP contribution in [0, 0.1) is 0 Å². The second-order valence-electron chi connectivity index (χ2n) is 4.03. The Morgan fingerprint density at radius 1 is 1.26 bits per heavy atom. The van der Waals surface area contributed by atoms with Crippen LogP contribution in [-0.2, 0) is 13.9 Å². The molecule has 0 aliphatic heterocycles. The highest BCUT2D eigenvalue weighted by Crippen LogP contribution is 2.31. The first-order valence-electron chi connectivity index (χ1n) is 5.72. The van der Waals surface area contributed by atoms with Gasteiger partial charge in [0.2, 0.25) is 0 Å². The number of hydrogen-bond acceptors (Lipinski definition) is 6. The third kappa shape index (κ3) is 4.36. The number of amidine groups is 1. The van der Waals surface area contributed by atoms with Gasteiger partial charge < -0.3 is 10.6 Å². The maximum absolute atomic E-state index is 12.0. The fourth-order valence-corrected chi connectivity index (χ4v) is 3.92. The SMILES string of the molecule is N/C(=N\OC(=O)c1cc(S(=O)(=O)Cl)c(Cl)cc1Cl)c1cccs1. The standard InChI is InChI=1S/C12H7Cl3N2O4S2/c13-7-5-8(14)10(23(15,19)20)4-6(7)12(18)21-17-11(16)9-2-1-3-22-9/h1-5H,(H2,16,17). The first-order valence-corrected chi connectivity index (χ1v) is 9.67. The lowest BCUT2D eigenvalue weighted by molar-refractivity contribution is 0.0516. The maximum Gasteiger partial charge on any atom is 0.367 e. The number of hydrogen-bond donors (Lipinski definition) is 1. The first-order chi connectivity index (χ1) is 10.7. The van der Waals surface area contributed by atoms with Gasteiger partial charge in [0.15, 0.2) is 5.84 Å². The molecule has 1 aromatic heterocycles. The lowest BCUT2D eigenvalue weighted by Gasteiger charge is -2.06. The molecule has 0 aliphatic carbocycles. The smallest absolute Gasteiger partial charge is 0.367 e. The van der Waals surface area contributed by atoms with Crippen molar-refractivity contribution in [2.45, 2.75) is 4.90 Å². The maximum atomic E-state index is 12.0. The molecule has 11 heteroatoms. The number of carbonyl (C=O) groups is 1. The van der Waals surface area contributed by atoms with Crippen molar-refractivity contribution >= 4 is 66.1 Å². The van der Waals surface area contributed by atoms with Crippen LogP contribution in [-0.4, -0.2) is 20.2 Å². The van der Waals surface area contributed by atoms with Crippen LogP contribution < -0.4 is 5.73 Å². The van der Waals surface area contributed by atoms with Gasteiger partial charge in [-0.3, -0.25) is 0 Å². The Hall–Kier alpha value is -1.32. The molecule has 1 heterocycles. The van der Waals surface area contributed by atoms with Crippen LogP contribution in [0.4, 0.5) is 0 Å². The summed E-state index contributed by atoms with van der Waals surface area (Å²) < 4.78 is 22.8. The molecule has 23 heavy (non-hydrogen) atoms. The molecular weight excluding hydrogens is 407 g/mol. The van der Waals surface area contributed by atoms with Crippen LogP contribution in [0.5, 0.6) is 0 Å². The summed E-state index contributed by atoms with van der Waals surface area (Å²) >= 11 is 12.9. The third-order valence-electron chi connectivity index (χ3n) is 2.50. The van der Waals surface area contributed by atoms with Crippen LogP contribution in [0.1, 0.15) is 15.2 Å². The zero-order valence-electron chi connectivity index (χ0n) is 11.0. The van der Waals surface area contributed by atoms with Gasteiger partial charge in [-0.2, -0.15) is 0 Å². The Bertz CT molecular complexity index is 880. The van der Waals surface area contributed by atoms with E-state index in [2.05, 4.69) is 9.99 Å². The van der Waals surface area contributed by atoms with E-state index < -0.39 is 19.9 Å². The molecule has 1 aromatic carbocycles. The second-order valence-corrected chi connectivity index (χ2v) is 8.33. The van der Waals surface area contributed by atoms with Gasteiger partial charge in [-0.05, 0) is 23.6 Å². The minimum atomic E-state index is -4.16. The van der Waals surface area contributed by atoms with Crippen LogP contribution in [0.2, 0.25) is 10.0 Å². The van der Waals surface area contributed by atoms with Crippen molar-refractivity contribution in [1.29, 1.82) is 0 Å². The van der Waals surface area contributed by atoms with Crippen molar-refractivity contribution in [3.63, 3.8) is 0 Å². The highest BCUT2D eigenvalue weighted by atomic mass is 35.7. The van der Waals surface area contributed by atoms with Crippen LogP contribution in [0.15, 0.2) is 39.7 Å². The van der Waals surface area contributed by atoms with Gasteiger partial charge in [0, 0.05) is 10.7 Å². The second kappa shape index (κ2) is 7.06. The third-order valence-corrected chi connectivity index (χ3v) is 5.50. The van der Waals surface area contributed by atoms with E-state index in [9.17, 15) is 13.2 Å². The number of nitrogens with two attached hydrogens (primary N) is 1. The molecule has 0 fully saturated rings. The van der Waals surface area contributed by atoms with E-state index in [4.69, 9.17) is 39.6 Å². The van der Waals surface area contributed by atoms with E-state index in [-0.39, 0.29) is 21.4 Å². The number of benzene rings is 1. The monoisotopic (exact) mass is 412 g/mol. The van der Waals surface area contributed by atoms with Crippen molar-refractivity contribution in [2.24, 2.45) is 10.9 Å². The highest BCUT2D eigenvalue weighted by Gasteiger charge is 2.22. The Kier molecular flexibility index (Phi) is 5.53. The van der Waals surface area contributed by atoms with Crippen molar-refractivity contribution in [2.75, 3.05) is 0 Å². The molecule has 0 radical (unpaired) electrons. The summed E-state index contributed by atoms with van der Waals surface area (Å²) in [5.41, 5.74) is 5.37. The predicted molar refractivity (Wildman–Crippen MR) is 90.0 cm³/mol. The summed E-state index contributed by atoms with van der Waals surface area (Å²) in [4.78, 5) is 16.8. The van der Waals surface area contributed by atoms with E-state index in [1.165, 1.54) is 11.3 Å². The van der Waals surface area contributed by atoms with Gasteiger partial charge in [0.25, 0.3) is 9.05 Å². The van der Waals surface area contributed by atoms with Gasteiger partial charge >= 0.3 is 5.97 Å². The van der Waals surface area contributed by atoms with Gasteiger partial charge in [-0.1, -0.05) is 34.4 Å². The molecule has 0 unspecified atom stereocenters. The fraction of sp³-hybridized carbons (Fsp3) is 0. The number of thiophene rings is 1. The van der Waals surface area contributed by atoms with Gasteiger partial charge in [-0.15, -0.1) is 11.3 Å². The summed E-state index contributed by atoms with van der Waals surface area (Å²) in [6.07, 6.45) is 0. The predicted octanol–water partition coefficient (Wildman–Crippen LogP) is 3.46. The summed E-state index contributed by atoms with van der Waals surface area (Å²) in [6, 6.07) is 5.41. The topological polar surface area (TPSA) is 98.8 Å². The molecule has 0 atom stereocenters. The van der Waals surface area contributed by atoms with Crippen molar-refractivity contribution in [3.05, 3.63) is 50.1 Å². The molecule has 2 aromatic rings. The Morgan fingerprint density at radius 2 is 1.96 bits per heavy atom. The zero-order valence-corrected chi connectivity index (χ0v) is 14.9. The molecule has 2 N–H and O–H groups in total. The van der Waals surface area contributed by atoms with Crippen molar-refractivity contribution in [1.82, 2.24) is 0 Å². The van der Waals surface area contributed by atoms with Crippen LogP contribution in [0.25, 0.3) is 0 Å². The number of oxime groups is 1. The Balaban J connectivity index is 2.31. The average molecular weight is 414 g/mol. The molecule has 0 amide bonds. The van der Waals surface area contributed by atoms with Crippen molar-refractivity contribution in [3.8, 4) is 0 Å². The summed E-state index contributed by atoms with van der Waals surface area (Å²) in [5, 5.41) is 4.91. The lowest BCUT2D eigenvalue weighted by Crippen LogP contribution is -2.14. The van der Waals surface area contributed by atoms with E-state index >= 15 is 0 Å². The molecule has 0 spiro atoms. The molecule has 0 bridgehead atoms. The minimum Gasteiger partial charge on any atom is -0.380 e. The first kappa shape index (κ1) is 18.0. The molecule has 0 saturated heterocycles. The van der Waals surface area contributed by atoms with E-state index in [0.717, 1.165) is 12.1 Å². The number of nitrogens with zero attached hydrogens (tertiary/aromatic N) is 1. The average Bonchev–Trinajstić information content (AvgIpc) is 2.97. The Morgan fingerprint density at radius 3 is 2.52 bits per heavy atom. The number of halogens is 3. The fourth-order valence-electron chi connectivity index (χ4n) is 1.48. The summed E-state index contributed by atoms with van der Waals surface area (Å²) in [6.45, 7) is 0. The zero-order chi connectivity index (χ0) is 17.2. The quantitative estimate of drug-likeness (QED) is 0.272. The van der Waals surface area contributed by atoms with Gasteiger partial charge in [0.05, 0.1) is 20.5 Å². The number of carbonyl (C=O) groups excluding carboxylic acids is 1. The normalized spacial score (nSPS) is 12.2. The van der Waals surface area contributed by atoms with E-state index in [1.807, 2.05) is 0 Å². The molecule has 0 saturated carbocycles. The largest absolute Gasteiger partial charge is 0.380 e. The van der Waals surface area contributed by atoms with E-state index in [1.54, 1.807) is 17.5 Å². The summed E-state index contributed by atoms with van der Waals surface area (Å²) in [7, 11) is 1.08. The minimum absolute atomic E-state index is 0.0105. The van der Waals surface area contributed by atoms with Gasteiger partial charge in [-0.25, -0.2) is 13.2 Å². The lowest BCUT2D eigenvalue weighted by atomic mass is 10.2. The summed E-state index contributed by atoms with van der Waals surface area (Å²) in [5.74, 6) is -1.02. The van der Waals surface area contributed by atoms with Crippen LogP contribution in [0.3, 0.4) is 0 Å². The molecule has 6 nitrogen and oxygen atoms in total. The van der Waals surface area contributed by atoms with Crippen molar-refractivity contribution < 1.29 is 18.0 Å². The Labute approximate surface area is 149 Å². The van der Waals surface area contributed by atoms with Crippen LogP contribution >= 0.6 is 45.2 Å². The van der Waals surface area contributed by atoms with E-state index in [0.29, 0.717) is 4.88 Å². The molecule has 122 valence electrons. The highest BCUT2D eigenvalue weighted by molar-refractivity contribution is 8.13. The molecule has 0 aliphatic rings. The molecule has 2 rings (SSSR count). The number of rotatable bonds is 4. The van der Waals surface area contributed by atoms with Gasteiger partial charge in [0.1, 0.15) is 4.90 Å². The molecular formula is C12H7Cl3N2O4S2.